The van der Waals surface area contributed by atoms with Gasteiger partial charge in [-0.15, -0.1) is 0 Å². The average molecular weight is 350 g/mol. The molecule has 1 N–H and O–H groups in total. The third kappa shape index (κ3) is 4.73. The molecule has 0 atom stereocenters. The van der Waals surface area contributed by atoms with Crippen LogP contribution in [0.1, 0.15) is 11.1 Å². The van der Waals surface area contributed by atoms with Crippen LogP contribution in [0.2, 0.25) is 5.02 Å². The van der Waals surface area contributed by atoms with E-state index in [9.17, 15) is 9.18 Å². The van der Waals surface area contributed by atoms with Gasteiger partial charge in [0.25, 0.3) is 0 Å². The molecule has 4 nitrogen and oxygen atoms in total. The maximum Gasteiger partial charge on any atom is 0.244 e. The number of carbonyl (C=O) groups excluding carboxylic acids is 1. The zero-order valence-electron chi connectivity index (χ0n) is 13.3. The van der Waals surface area contributed by atoms with Crippen LogP contribution >= 0.6 is 11.6 Å². The molecule has 0 saturated carbocycles. The van der Waals surface area contributed by atoms with E-state index in [1.54, 1.807) is 30.3 Å². The number of nitrogens with one attached hydrogen (secondary N) is 1. The molecule has 0 spiro atoms. The minimum Gasteiger partial charge on any atom is -0.493 e. The van der Waals surface area contributed by atoms with E-state index in [0.29, 0.717) is 28.6 Å². The number of halogens is 2. The van der Waals surface area contributed by atoms with Crippen molar-refractivity contribution in [2.45, 2.75) is 6.54 Å². The van der Waals surface area contributed by atoms with Crippen LogP contribution in [0.25, 0.3) is 6.08 Å². The lowest BCUT2D eigenvalue weighted by Crippen LogP contribution is -2.20. The second-order valence-electron chi connectivity index (χ2n) is 4.92. The van der Waals surface area contributed by atoms with Crippen LogP contribution < -0.4 is 14.8 Å². The van der Waals surface area contributed by atoms with Crippen molar-refractivity contribution in [1.82, 2.24) is 5.32 Å². The molecule has 0 saturated heterocycles. The largest absolute Gasteiger partial charge is 0.493 e. The predicted molar refractivity (Wildman–Crippen MR) is 91.8 cm³/mol. The van der Waals surface area contributed by atoms with Crippen LogP contribution in [-0.2, 0) is 11.3 Å². The first-order valence-corrected chi connectivity index (χ1v) is 7.53. The molecular weight excluding hydrogens is 333 g/mol. The molecule has 24 heavy (non-hydrogen) atoms. The molecule has 0 fully saturated rings. The van der Waals surface area contributed by atoms with Crippen LogP contribution in [0.3, 0.4) is 0 Å². The lowest BCUT2D eigenvalue weighted by atomic mass is 10.2. The Hall–Kier alpha value is -2.53. The van der Waals surface area contributed by atoms with Crippen LogP contribution in [-0.4, -0.2) is 20.1 Å². The quantitative estimate of drug-likeness (QED) is 0.806. The van der Waals surface area contributed by atoms with Crippen molar-refractivity contribution in [3.05, 3.63) is 64.4 Å². The summed E-state index contributed by atoms with van der Waals surface area (Å²) in [5.74, 6) is 0.342. The summed E-state index contributed by atoms with van der Waals surface area (Å²) in [5, 5.41) is 3.11. The minimum absolute atomic E-state index is 0.273. The molecule has 2 rings (SSSR count). The fourth-order valence-corrected chi connectivity index (χ4v) is 2.35. The highest BCUT2D eigenvalue weighted by Gasteiger charge is 2.09. The molecular formula is C18H17ClFNO3. The van der Waals surface area contributed by atoms with Crippen molar-refractivity contribution in [3.63, 3.8) is 0 Å². The third-order valence-corrected chi connectivity index (χ3v) is 3.54. The van der Waals surface area contributed by atoms with Gasteiger partial charge in [0, 0.05) is 12.6 Å². The lowest BCUT2D eigenvalue weighted by Gasteiger charge is -2.10. The van der Waals surface area contributed by atoms with Crippen molar-refractivity contribution >= 4 is 23.6 Å². The summed E-state index contributed by atoms with van der Waals surface area (Å²) in [4.78, 5) is 11.9. The van der Waals surface area contributed by atoms with E-state index in [1.165, 1.54) is 32.4 Å². The van der Waals surface area contributed by atoms with Gasteiger partial charge in [-0.25, -0.2) is 4.39 Å². The molecule has 0 aliphatic carbocycles. The van der Waals surface area contributed by atoms with Crippen molar-refractivity contribution < 1.29 is 18.7 Å². The molecule has 0 heterocycles. The molecule has 126 valence electrons. The first kappa shape index (κ1) is 17.8. The number of carbonyl (C=O) groups is 1. The molecule has 0 unspecified atom stereocenters. The van der Waals surface area contributed by atoms with Gasteiger partial charge in [-0.2, -0.15) is 0 Å². The van der Waals surface area contributed by atoms with E-state index < -0.39 is 0 Å². The van der Waals surface area contributed by atoms with Gasteiger partial charge in [-0.1, -0.05) is 23.7 Å². The zero-order valence-corrected chi connectivity index (χ0v) is 14.1. The van der Waals surface area contributed by atoms with Crippen molar-refractivity contribution in [1.29, 1.82) is 0 Å². The Labute approximate surface area is 144 Å². The van der Waals surface area contributed by atoms with Crippen LogP contribution in [0.4, 0.5) is 4.39 Å². The standard InChI is InChI=1S/C18H17ClFNO3/c1-23-16-10-13(9-15(19)18(16)24-2)5-8-17(22)21-11-12-3-6-14(20)7-4-12/h3-10H,11H2,1-2H3,(H,21,22)/b8-5+. The highest BCUT2D eigenvalue weighted by Crippen LogP contribution is 2.36. The van der Waals surface area contributed by atoms with Crippen LogP contribution in [0.15, 0.2) is 42.5 Å². The summed E-state index contributed by atoms with van der Waals surface area (Å²) in [5.41, 5.74) is 1.52. The number of rotatable bonds is 6. The summed E-state index contributed by atoms with van der Waals surface area (Å²) in [7, 11) is 3.01. The summed E-state index contributed by atoms with van der Waals surface area (Å²) >= 11 is 6.11. The topological polar surface area (TPSA) is 47.6 Å². The molecule has 2 aromatic carbocycles. The smallest absolute Gasteiger partial charge is 0.244 e. The third-order valence-electron chi connectivity index (χ3n) is 3.26. The van der Waals surface area contributed by atoms with Gasteiger partial charge in [-0.3, -0.25) is 4.79 Å². The Balaban J connectivity index is 2.00. The summed E-state index contributed by atoms with van der Waals surface area (Å²) in [6, 6.07) is 9.33. The highest BCUT2D eigenvalue weighted by atomic mass is 35.5. The molecule has 6 heteroatoms. The SMILES string of the molecule is COc1cc(/C=C/C(=O)NCc2ccc(F)cc2)cc(Cl)c1OC. The Morgan fingerprint density at radius 3 is 2.54 bits per heavy atom. The highest BCUT2D eigenvalue weighted by molar-refractivity contribution is 6.32. The van der Waals surface area contributed by atoms with Gasteiger partial charge in [-0.05, 0) is 41.5 Å². The summed E-state index contributed by atoms with van der Waals surface area (Å²) in [6.45, 7) is 0.316. The molecule has 2 aromatic rings. The number of amides is 1. The Bertz CT molecular complexity index is 745. The van der Waals surface area contributed by atoms with Gasteiger partial charge in [0.1, 0.15) is 5.82 Å². The van der Waals surface area contributed by atoms with Crippen molar-refractivity contribution in [3.8, 4) is 11.5 Å². The van der Waals surface area contributed by atoms with Crippen LogP contribution in [0, 0.1) is 5.82 Å². The van der Waals surface area contributed by atoms with Gasteiger partial charge < -0.3 is 14.8 Å². The van der Waals surface area contributed by atoms with E-state index in [2.05, 4.69) is 5.32 Å². The Kier molecular flexibility index (Phi) is 6.21. The number of methoxy groups -OCH3 is 2. The maximum atomic E-state index is 12.8. The molecule has 0 aliphatic rings. The monoisotopic (exact) mass is 349 g/mol. The Morgan fingerprint density at radius 2 is 1.92 bits per heavy atom. The number of benzene rings is 2. The fourth-order valence-electron chi connectivity index (χ4n) is 2.06. The van der Waals surface area contributed by atoms with E-state index in [-0.39, 0.29) is 11.7 Å². The van der Waals surface area contributed by atoms with Crippen molar-refractivity contribution in [2.75, 3.05) is 14.2 Å². The maximum absolute atomic E-state index is 12.8. The van der Waals surface area contributed by atoms with Gasteiger partial charge in [0.15, 0.2) is 11.5 Å². The van der Waals surface area contributed by atoms with Gasteiger partial charge >= 0.3 is 0 Å². The normalized spacial score (nSPS) is 10.7. The van der Waals surface area contributed by atoms with E-state index in [0.717, 1.165) is 5.56 Å². The molecule has 1 amide bonds. The van der Waals surface area contributed by atoms with E-state index in [1.807, 2.05) is 0 Å². The molecule has 0 radical (unpaired) electrons. The summed E-state index contributed by atoms with van der Waals surface area (Å²) in [6.07, 6.45) is 3.01. The average Bonchev–Trinajstić information content (AvgIpc) is 2.58. The first-order chi connectivity index (χ1) is 11.5. The molecule has 0 bridgehead atoms. The van der Waals surface area contributed by atoms with Crippen LogP contribution in [0.5, 0.6) is 11.5 Å². The van der Waals surface area contributed by atoms with Gasteiger partial charge in [0.05, 0.1) is 19.2 Å². The molecule has 0 aliphatic heterocycles. The second-order valence-corrected chi connectivity index (χ2v) is 5.32. The fraction of sp³-hybridized carbons (Fsp3) is 0.167. The lowest BCUT2D eigenvalue weighted by molar-refractivity contribution is -0.116. The molecule has 0 aromatic heterocycles. The number of hydrogen-bond acceptors (Lipinski definition) is 3. The number of hydrogen-bond donors (Lipinski definition) is 1. The first-order valence-electron chi connectivity index (χ1n) is 7.15. The second kappa shape index (κ2) is 8.36. The number of ether oxygens (including phenoxy) is 2. The predicted octanol–water partition coefficient (Wildman–Crippen LogP) is 3.83. The minimum atomic E-state index is -0.310. The summed E-state index contributed by atoms with van der Waals surface area (Å²) < 4.78 is 23.2. The van der Waals surface area contributed by atoms with E-state index in [4.69, 9.17) is 21.1 Å². The van der Waals surface area contributed by atoms with Gasteiger partial charge in [0.2, 0.25) is 5.91 Å². The van der Waals surface area contributed by atoms with Crippen molar-refractivity contribution in [2.24, 2.45) is 0 Å². The van der Waals surface area contributed by atoms with E-state index >= 15 is 0 Å². The zero-order chi connectivity index (χ0) is 17.5. The Morgan fingerprint density at radius 1 is 1.21 bits per heavy atom.